The smallest absolute Gasteiger partial charge is 0.318 e. The van der Waals surface area contributed by atoms with Crippen molar-refractivity contribution >= 4 is 22.0 Å². The van der Waals surface area contributed by atoms with Gasteiger partial charge in [-0.2, -0.15) is 0 Å². The molecular formula is C17H19BrN2O2. The Bertz CT molecular complexity index is 605. The number of hydrogen-bond acceptors (Lipinski definition) is 2. The van der Waals surface area contributed by atoms with Crippen LogP contribution in [0.15, 0.2) is 59.1 Å². The number of aliphatic hydroxyl groups is 1. The van der Waals surface area contributed by atoms with Gasteiger partial charge in [-0.3, -0.25) is 0 Å². The fourth-order valence-corrected chi connectivity index (χ4v) is 2.53. The number of carbonyl (C=O) groups is 1. The van der Waals surface area contributed by atoms with Crippen LogP contribution in [0.4, 0.5) is 4.79 Å². The van der Waals surface area contributed by atoms with E-state index in [0.717, 1.165) is 15.6 Å². The van der Waals surface area contributed by atoms with Gasteiger partial charge in [-0.1, -0.05) is 64.5 Å². The van der Waals surface area contributed by atoms with Gasteiger partial charge in [0.1, 0.15) is 0 Å². The molecule has 5 heteroatoms. The van der Waals surface area contributed by atoms with Gasteiger partial charge in [-0.15, -0.1) is 0 Å². The van der Waals surface area contributed by atoms with Crippen LogP contribution in [-0.4, -0.2) is 29.2 Å². The Morgan fingerprint density at radius 2 is 1.77 bits per heavy atom. The number of hydrogen-bond donors (Lipinski definition) is 2. The zero-order valence-corrected chi connectivity index (χ0v) is 13.8. The average Bonchev–Trinajstić information content (AvgIpc) is 2.54. The molecule has 0 spiro atoms. The number of rotatable bonds is 6. The fourth-order valence-electron chi connectivity index (χ4n) is 2.10. The van der Waals surface area contributed by atoms with Gasteiger partial charge in [-0.05, 0) is 17.2 Å². The molecule has 0 atom stereocenters. The van der Waals surface area contributed by atoms with Gasteiger partial charge in [0.15, 0.2) is 0 Å². The van der Waals surface area contributed by atoms with Crippen molar-refractivity contribution in [3.05, 3.63) is 70.2 Å². The summed E-state index contributed by atoms with van der Waals surface area (Å²) in [5.41, 5.74) is 2.05. The number of amides is 2. The quantitative estimate of drug-likeness (QED) is 0.829. The van der Waals surface area contributed by atoms with E-state index in [9.17, 15) is 4.79 Å². The third-order valence-corrected chi connectivity index (χ3v) is 4.03. The summed E-state index contributed by atoms with van der Waals surface area (Å²) in [5.74, 6) is 0. The Labute approximate surface area is 138 Å². The van der Waals surface area contributed by atoms with Crippen molar-refractivity contribution in [2.75, 3.05) is 13.2 Å². The first kappa shape index (κ1) is 16.5. The molecule has 0 saturated heterocycles. The molecule has 0 aliphatic carbocycles. The number of nitrogens with one attached hydrogen (secondary N) is 1. The molecule has 0 saturated carbocycles. The van der Waals surface area contributed by atoms with E-state index in [2.05, 4.69) is 21.2 Å². The maximum atomic E-state index is 12.3. The monoisotopic (exact) mass is 362 g/mol. The summed E-state index contributed by atoms with van der Waals surface area (Å²) in [6.45, 7) is 1.16. The number of benzene rings is 2. The van der Waals surface area contributed by atoms with Crippen molar-refractivity contribution in [2.45, 2.75) is 13.1 Å². The second-order valence-electron chi connectivity index (χ2n) is 4.88. The first-order valence-electron chi connectivity index (χ1n) is 7.11. The van der Waals surface area contributed by atoms with E-state index >= 15 is 0 Å². The summed E-state index contributed by atoms with van der Waals surface area (Å²) in [4.78, 5) is 13.9. The van der Waals surface area contributed by atoms with E-state index in [1.165, 1.54) is 0 Å². The normalized spacial score (nSPS) is 10.3. The van der Waals surface area contributed by atoms with Crippen molar-refractivity contribution in [1.29, 1.82) is 0 Å². The lowest BCUT2D eigenvalue weighted by Gasteiger charge is -2.22. The Balaban J connectivity index is 1.96. The molecule has 0 fully saturated rings. The van der Waals surface area contributed by atoms with Gasteiger partial charge in [-0.25, -0.2) is 4.79 Å². The van der Waals surface area contributed by atoms with Crippen LogP contribution in [0.1, 0.15) is 11.1 Å². The van der Waals surface area contributed by atoms with Crippen LogP contribution in [0.2, 0.25) is 0 Å². The Kier molecular flexibility index (Phi) is 6.43. The molecule has 0 aliphatic heterocycles. The molecule has 4 nitrogen and oxygen atoms in total. The van der Waals surface area contributed by atoms with Gasteiger partial charge in [0.2, 0.25) is 0 Å². The summed E-state index contributed by atoms with van der Waals surface area (Å²) >= 11 is 3.46. The molecule has 2 aromatic carbocycles. The minimum atomic E-state index is -0.186. The standard InChI is InChI=1S/C17H19BrN2O2/c18-16-9-5-4-8-15(16)12-19-17(22)20(10-11-21)13-14-6-2-1-3-7-14/h1-9,21H,10-13H2,(H,19,22). The van der Waals surface area contributed by atoms with Crippen LogP contribution in [-0.2, 0) is 13.1 Å². The van der Waals surface area contributed by atoms with Crippen LogP contribution in [0.25, 0.3) is 0 Å². The molecule has 0 aromatic heterocycles. The molecule has 22 heavy (non-hydrogen) atoms. The molecule has 2 aromatic rings. The average molecular weight is 363 g/mol. The highest BCUT2D eigenvalue weighted by Crippen LogP contribution is 2.15. The molecule has 0 heterocycles. The third kappa shape index (κ3) is 4.86. The molecule has 0 aliphatic rings. The predicted molar refractivity (Wildman–Crippen MR) is 90.3 cm³/mol. The van der Waals surface area contributed by atoms with Crippen LogP contribution >= 0.6 is 15.9 Å². The van der Waals surface area contributed by atoms with Crippen molar-refractivity contribution in [3.8, 4) is 0 Å². The van der Waals surface area contributed by atoms with Crippen molar-refractivity contribution < 1.29 is 9.90 Å². The Morgan fingerprint density at radius 3 is 2.45 bits per heavy atom. The highest BCUT2D eigenvalue weighted by atomic mass is 79.9. The van der Waals surface area contributed by atoms with E-state index in [0.29, 0.717) is 19.6 Å². The Hall–Kier alpha value is -1.85. The van der Waals surface area contributed by atoms with Gasteiger partial charge in [0.25, 0.3) is 0 Å². The largest absolute Gasteiger partial charge is 0.395 e. The van der Waals surface area contributed by atoms with E-state index in [1.54, 1.807) is 4.90 Å². The van der Waals surface area contributed by atoms with Crippen molar-refractivity contribution in [3.63, 3.8) is 0 Å². The molecule has 0 radical (unpaired) electrons. The summed E-state index contributed by atoms with van der Waals surface area (Å²) < 4.78 is 0.965. The van der Waals surface area contributed by atoms with E-state index in [4.69, 9.17) is 5.11 Å². The van der Waals surface area contributed by atoms with Crippen LogP contribution in [0.5, 0.6) is 0 Å². The first-order valence-corrected chi connectivity index (χ1v) is 7.91. The molecular weight excluding hydrogens is 344 g/mol. The molecule has 2 rings (SSSR count). The lowest BCUT2D eigenvalue weighted by molar-refractivity contribution is 0.173. The van der Waals surface area contributed by atoms with Gasteiger partial charge >= 0.3 is 6.03 Å². The van der Waals surface area contributed by atoms with E-state index < -0.39 is 0 Å². The van der Waals surface area contributed by atoms with Crippen molar-refractivity contribution in [2.24, 2.45) is 0 Å². The minimum Gasteiger partial charge on any atom is -0.395 e. The third-order valence-electron chi connectivity index (χ3n) is 3.26. The first-order chi connectivity index (χ1) is 10.7. The van der Waals surface area contributed by atoms with Crippen LogP contribution in [0, 0.1) is 0 Å². The second-order valence-corrected chi connectivity index (χ2v) is 5.74. The van der Waals surface area contributed by atoms with Crippen LogP contribution < -0.4 is 5.32 Å². The SMILES string of the molecule is O=C(NCc1ccccc1Br)N(CCO)Cc1ccccc1. The molecule has 116 valence electrons. The zero-order chi connectivity index (χ0) is 15.8. The predicted octanol–water partition coefficient (Wildman–Crippen LogP) is 3.15. The molecule has 0 unspecified atom stereocenters. The van der Waals surface area contributed by atoms with Gasteiger partial charge in [0.05, 0.1) is 6.61 Å². The topological polar surface area (TPSA) is 52.6 Å². The highest BCUT2D eigenvalue weighted by molar-refractivity contribution is 9.10. The maximum Gasteiger partial charge on any atom is 0.318 e. The summed E-state index contributed by atoms with van der Waals surface area (Å²) in [6.07, 6.45) is 0. The number of carbonyl (C=O) groups excluding carboxylic acids is 1. The minimum absolute atomic E-state index is 0.0602. The molecule has 0 bridgehead atoms. The number of halogens is 1. The summed E-state index contributed by atoms with van der Waals surface area (Å²) in [5, 5.41) is 12.1. The molecule has 2 N–H and O–H groups in total. The summed E-state index contributed by atoms with van der Waals surface area (Å²) in [7, 11) is 0. The summed E-state index contributed by atoms with van der Waals surface area (Å²) in [6, 6.07) is 17.3. The van der Waals surface area contributed by atoms with E-state index in [-0.39, 0.29) is 12.6 Å². The lowest BCUT2D eigenvalue weighted by atomic mass is 10.2. The highest BCUT2D eigenvalue weighted by Gasteiger charge is 2.13. The second kappa shape index (κ2) is 8.56. The number of aliphatic hydroxyl groups excluding tert-OH is 1. The Morgan fingerprint density at radius 1 is 1.09 bits per heavy atom. The van der Waals surface area contributed by atoms with Gasteiger partial charge < -0.3 is 15.3 Å². The molecule has 2 amide bonds. The van der Waals surface area contributed by atoms with E-state index in [1.807, 2.05) is 54.6 Å². The van der Waals surface area contributed by atoms with Crippen LogP contribution in [0.3, 0.4) is 0 Å². The lowest BCUT2D eigenvalue weighted by Crippen LogP contribution is -2.40. The zero-order valence-electron chi connectivity index (χ0n) is 12.2. The van der Waals surface area contributed by atoms with Gasteiger partial charge in [0, 0.05) is 24.1 Å². The number of urea groups is 1. The van der Waals surface area contributed by atoms with Crippen molar-refractivity contribution in [1.82, 2.24) is 10.2 Å². The fraction of sp³-hybridized carbons (Fsp3) is 0.235. The number of nitrogens with zero attached hydrogens (tertiary/aromatic N) is 1. The maximum absolute atomic E-state index is 12.3.